The highest BCUT2D eigenvalue weighted by atomic mass is 79.9. The molecule has 2 atom stereocenters. The van der Waals surface area contributed by atoms with Crippen molar-refractivity contribution in [2.45, 2.75) is 40.2 Å². The molecule has 0 aliphatic carbocycles. The molecular weight excluding hydrogens is 274 g/mol. The van der Waals surface area contributed by atoms with Crippen LogP contribution in [0.15, 0.2) is 28.7 Å². The zero-order valence-electron chi connectivity index (χ0n) is 11.3. The largest absolute Gasteiger partial charge is 0.314 e. The lowest BCUT2D eigenvalue weighted by Crippen LogP contribution is -2.31. The average molecular weight is 298 g/mol. The standard InChI is InChI=1S/C15H24BrN/c1-11(2)17-10-13(4)12(3)9-14-5-7-15(16)8-6-14/h5-8,11-13,17H,9-10H2,1-4H3. The van der Waals surface area contributed by atoms with Gasteiger partial charge in [0.1, 0.15) is 0 Å². The van der Waals surface area contributed by atoms with Gasteiger partial charge in [0.25, 0.3) is 0 Å². The molecule has 0 saturated heterocycles. The Bertz CT molecular complexity index is 318. The third-order valence-electron chi connectivity index (χ3n) is 3.29. The molecule has 0 spiro atoms. The van der Waals surface area contributed by atoms with Gasteiger partial charge in [-0.2, -0.15) is 0 Å². The van der Waals surface area contributed by atoms with E-state index in [-0.39, 0.29) is 0 Å². The van der Waals surface area contributed by atoms with Crippen LogP contribution in [0.5, 0.6) is 0 Å². The Balaban J connectivity index is 2.42. The van der Waals surface area contributed by atoms with Crippen LogP contribution in [0, 0.1) is 11.8 Å². The zero-order chi connectivity index (χ0) is 12.8. The van der Waals surface area contributed by atoms with Crippen LogP contribution >= 0.6 is 15.9 Å². The van der Waals surface area contributed by atoms with Crippen molar-refractivity contribution in [3.05, 3.63) is 34.3 Å². The quantitative estimate of drug-likeness (QED) is 0.827. The molecular formula is C15H24BrN. The predicted molar refractivity (Wildman–Crippen MR) is 79.3 cm³/mol. The Morgan fingerprint density at radius 2 is 1.59 bits per heavy atom. The van der Waals surface area contributed by atoms with Gasteiger partial charge in [0.2, 0.25) is 0 Å². The number of nitrogens with one attached hydrogen (secondary N) is 1. The number of hydrogen-bond donors (Lipinski definition) is 1. The molecule has 0 amide bonds. The molecule has 2 heteroatoms. The van der Waals surface area contributed by atoms with Gasteiger partial charge in [-0.25, -0.2) is 0 Å². The van der Waals surface area contributed by atoms with Crippen LogP contribution in [0.4, 0.5) is 0 Å². The second-order valence-electron chi connectivity index (χ2n) is 5.35. The van der Waals surface area contributed by atoms with Crippen molar-refractivity contribution < 1.29 is 0 Å². The first kappa shape index (κ1) is 14.7. The normalized spacial score (nSPS) is 14.9. The minimum Gasteiger partial charge on any atom is -0.314 e. The van der Waals surface area contributed by atoms with E-state index in [4.69, 9.17) is 0 Å². The van der Waals surface area contributed by atoms with Crippen LogP contribution in [0.3, 0.4) is 0 Å². The van der Waals surface area contributed by atoms with Crippen molar-refractivity contribution >= 4 is 15.9 Å². The molecule has 1 aromatic rings. The van der Waals surface area contributed by atoms with E-state index >= 15 is 0 Å². The van der Waals surface area contributed by atoms with Gasteiger partial charge in [-0.3, -0.25) is 0 Å². The molecule has 1 N–H and O–H groups in total. The van der Waals surface area contributed by atoms with Crippen LogP contribution < -0.4 is 5.32 Å². The van der Waals surface area contributed by atoms with Crippen LogP contribution in [0.25, 0.3) is 0 Å². The summed E-state index contributed by atoms with van der Waals surface area (Å²) < 4.78 is 1.16. The fourth-order valence-corrected chi connectivity index (χ4v) is 2.08. The zero-order valence-corrected chi connectivity index (χ0v) is 12.9. The Hall–Kier alpha value is -0.340. The summed E-state index contributed by atoms with van der Waals surface area (Å²) in [5.74, 6) is 1.42. The second kappa shape index (κ2) is 7.17. The summed E-state index contributed by atoms with van der Waals surface area (Å²) in [7, 11) is 0. The third-order valence-corrected chi connectivity index (χ3v) is 3.82. The van der Waals surface area contributed by atoms with Crippen molar-refractivity contribution in [1.82, 2.24) is 5.32 Å². The lowest BCUT2D eigenvalue weighted by atomic mass is 9.89. The monoisotopic (exact) mass is 297 g/mol. The van der Waals surface area contributed by atoms with Crippen LogP contribution in [0.1, 0.15) is 33.3 Å². The number of rotatable bonds is 6. The van der Waals surface area contributed by atoms with Crippen molar-refractivity contribution in [3.63, 3.8) is 0 Å². The highest BCUT2D eigenvalue weighted by Gasteiger charge is 2.12. The Labute approximate surface area is 114 Å². The smallest absolute Gasteiger partial charge is 0.0175 e. The minimum absolute atomic E-state index is 0.581. The van der Waals surface area contributed by atoms with Gasteiger partial charge in [-0.1, -0.05) is 55.8 Å². The SMILES string of the molecule is CC(C)NCC(C)C(C)Cc1ccc(Br)cc1. The summed E-state index contributed by atoms with van der Waals surface area (Å²) in [5, 5.41) is 3.51. The molecule has 1 aromatic carbocycles. The van der Waals surface area contributed by atoms with Gasteiger partial charge >= 0.3 is 0 Å². The van der Waals surface area contributed by atoms with Gasteiger partial charge in [-0.15, -0.1) is 0 Å². The lowest BCUT2D eigenvalue weighted by Gasteiger charge is -2.21. The first-order valence-corrected chi connectivity index (χ1v) is 7.26. The highest BCUT2D eigenvalue weighted by molar-refractivity contribution is 9.10. The lowest BCUT2D eigenvalue weighted by molar-refractivity contribution is 0.354. The van der Waals surface area contributed by atoms with E-state index in [9.17, 15) is 0 Å². The first-order valence-electron chi connectivity index (χ1n) is 6.47. The molecule has 96 valence electrons. The topological polar surface area (TPSA) is 12.0 Å². The van der Waals surface area contributed by atoms with Gasteiger partial charge in [-0.05, 0) is 42.5 Å². The van der Waals surface area contributed by atoms with Crippen molar-refractivity contribution in [1.29, 1.82) is 0 Å². The molecule has 0 aliphatic heterocycles. The molecule has 17 heavy (non-hydrogen) atoms. The maximum absolute atomic E-state index is 3.51. The highest BCUT2D eigenvalue weighted by Crippen LogP contribution is 2.18. The fourth-order valence-electron chi connectivity index (χ4n) is 1.82. The van der Waals surface area contributed by atoms with E-state index < -0.39 is 0 Å². The van der Waals surface area contributed by atoms with Crippen molar-refractivity contribution in [2.24, 2.45) is 11.8 Å². The first-order chi connectivity index (χ1) is 7.99. The van der Waals surface area contributed by atoms with Gasteiger partial charge in [0.05, 0.1) is 0 Å². The van der Waals surface area contributed by atoms with Crippen LogP contribution in [-0.4, -0.2) is 12.6 Å². The molecule has 0 saturated carbocycles. The molecule has 1 nitrogen and oxygen atoms in total. The molecule has 0 aromatic heterocycles. The molecule has 0 heterocycles. The van der Waals surface area contributed by atoms with E-state index in [1.807, 2.05) is 0 Å². The predicted octanol–water partition coefficient (Wildman–Crippen LogP) is 4.26. The number of hydrogen-bond acceptors (Lipinski definition) is 1. The summed E-state index contributed by atoms with van der Waals surface area (Å²) in [6.07, 6.45) is 1.16. The van der Waals surface area contributed by atoms with Crippen LogP contribution in [0.2, 0.25) is 0 Å². The van der Waals surface area contributed by atoms with Crippen molar-refractivity contribution in [2.75, 3.05) is 6.54 Å². The summed E-state index contributed by atoms with van der Waals surface area (Å²) in [6, 6.07) is 9.25. The Morgan fingerprint density at radius 3 is 2.12 bits per heavy atom. The molecule has 2 unspecified atom stereocenters. The van der Waals surface area contributed by atoms with E-state index in [1.54, 1.807) is 0 Å². The van der Waals surface area contributed by atoms with Crippen molar-refractivity contribution in [3.8, 4) is 0 Å². The van der Waals surface area contributed by atoms with E-state index in [1.165, 1.54) is 5.56 Å². The van der Waals surface area contributed by atoms with E-state index in [0.29, 0.717) is 17.9 Å². The summed E-state index contributed by atoms with van der Waals surface area (Å²) in [6.45, 7) is 10.2. The summed E-state index contributed by atoms with van der Waals surface area (Å²) in [4.78, 5) is 0. The molecule has 0 aliphatic rings. The Kier molecular flexibility index (Phi) is 6.21. The number of halogens is 1. The van der Waals surface area contributed by atoms with Gasteiger partial charge < -0.3 is 5.32 Å². The summed E-state index contributed by atoms with van der Waals surface area (Å²) in [5.41, 5.74) is 1.43. The second-order valence-corrected chi connectivity index (χ2v) is 6.26. The molecule has 0 radical (unpaired) electrons. The summed E-state index contributed by atoms with van der Waals surface area (Å²) >= 11 is 3.47. The Morgan fingerprint density at radius 1 is 1.00 bits per heavy atom. The third kappa shape index (κ3) is 5.69. The minimum atomic E-state index is 0.581. The maximum Gasteiger partial charge on any atom is 0.0175 e. The van der Waals surface area contributed by atoms with Gasteiger partial charge in [0.15, 0.2) is 0 Å². The van der Waals surface area contributed by atoms with E-state index in [2.05, 4.69) is 73.2 Å². The van der Waals surface area contributed by atoms with Crippen LogP contribution in [-0.2, 0) is 6.42 Å². The molecule has 0 bridgehead atoms. The van der Waals surface area contributed by atoms with E-state index in [0.717, 1.165) is 17.4 Å². The fraction of sp³-hybridized carbons (Fsp3) is 0.600. The molecule has 0 fully saturated rings. The number of benzene rings is 1. The maximum atomic E-state index is 3.51. The van der Waals surface area contributed by atoms with Gasteiger partial charge in [0, 0.05) is 10.5 Å². The molecule has 1 rings (SSSR count). The average Bonchev–Trinajstić information content (AvgIpc) is 2.28.